The molecule has 0 aromatic carbocycles. The first-order chi connectivity index (χ1) is 8.08. The van der Waals surface area contributed by atoms with E-state index in [-0.39, 0.29) is 17.4 Å². The van der Waals surface area contributed by atoms with Crippen LogP contribution in [0.3, 0.4) is 0 Å². The van der Waals surface area contributed by atoms with E-state index in [1.165, 1.54) is 12.8 Å². The Morgan fingerprint density at radius 1 is 1.53 bits per heavy atom. The van der Waals surface area contributed by atoms with Gasteiger partial charge in [-0.25, -0.2) is 0 Å². The highest BCUT2D eigenvalue weighted by Gasteiger charge is 2.35. The number of nitrogens with one attached hydrogen (secondary N) is 2. The van der Waals surface area contributed by atoms with Crippen LogP contribution in [-0.4, -0.2) is 37.7 Å². The van der Waals surface area contributed by atoms with Crippen molar-refractivity contribution in [1.29, 1.82) is 0 Å². The van der Waals surface area contributed by atoms with E-state index in [9.17, 15) is 4.79 Å². The quantitative estimate of drug-likeness (QED) is 0.775. The van der Waals surface area contributed by atoms with Gasteiger partial charge in [0.25, 0.3) is 0 Å². The maximum Gasteiger partial charge on any atom is 0.221 e. The van der Waals surface area contributed by atoms with Crippen LogP contribution in [0.4, 0.5) is 0 Å². The van der Waals surface area contributed by atoms with Crippen LogP contribution in [0.15, 0.2) is 0 Å². The molecule has 0 aromatic heterocycles. The summed E-state index contributed by atoms with van der Waals surface area (Å²) in [6.07, 6.45) is 4.09. The van der Waals surface area contributed by atoms with Crippen LogP contribution in [0.2, 0.25) is 0 Å². The van der Waals surface area contributed by atoms with Crippen molar-refractivity contribution in [3.05, 3.63) is 0 Å². The summed E-state index contributed by atoms with van der Waals surface area (Å²) in [5.41, 5.74) is 0.256. The Balaban J connectivity index is 1.76. The molecule has 4 heteroatoms. The number of hydrogen-bond donors (Lipinski definition) is 2. The summed E-state index contributed by atoms with van der Waals surface area (Å²) in [7, 11) is 0. The Morgan fingerprint density at radius 3 is 2.94 bits per heavy atom. The topological polar surface area (TPSA) is 50.4 Å². The van der Waals surface area contributed by atoms with Gasteiger partial charge in [-0.15, -0.1) is 0 Å². The molecule has 1 saturated carbocycles. The molecule has 2 unspecified atom stereocenters. The highest BCUT2D eigenvalue weighted by molar-refractivity contribution is 5.77. The predicted octanol–water partition coefficient (Wildman–Crippen LogP) is 1.06. The lowest BCUT2D eigenvalue weighted by Gasteiger charge is -2.29. The molecule has 1 aliphatic heterocycles. The second-order valence-electron chi connectivity index (χ2n) is 5.93. The molecule has 2 fully saturated rings. The van der Waals surface area contributed by atoms with E-state index in [1.807, 2.05) is 0 Å². The van der Waals surface area contributed by atoms with Crippen LogP contribution in [0.5, 0.6) is 0 Å². The number of amides is 1. The first kappa shape index (κ1) is 12.8. The Labute approximate surface area is 103 Å². The van der Waals surface area contributed by atoms with Gasteiger partial charge >= 0.3 is 0 Å². The molecule has 0 aromatic rings. The summed E-state index contributed by atoms with van der Waals surface area (Å²) in [6, 6.07) is 0.535. The Bertz CT molecular complexity index is 273. The molecule has 0 radical (unpaired) electrons. The van der Waals surface area contributed by atoms with Crippen molar-refractivity contribution >= 4 is 5.91 Å². The number of ether oxygens (including phenoxy) is 1. The number of rotatable bonds is 3. The van der Waals surface area contributed by atoms with Gasteiger partial charge < -0.3 is 15.4 Å². The lowest BCUT2D eigenvalue weighted by molar-refractivity contribution is -0.123. The minimum atomic E-state index is 0.160. The molecular formula is C13H24N2O2. The van der Waals surface area contributed by atoms with Crippen LogP contribution < -0.4 is 10.6 Å². The van der Waals surface area contributed by atoms with E-state index >= 15 is 0 Å². The molecule has 98 valence electrons. The zero-order valence-electron chi connectivity index (χ0n) is 10.9. The first-order valence-corrected chi connectivity index (χ1v) is 6.68. The van der Waals surface area contributed by atoms with Crippen molar-refractivity contribution in [2.75, 3.05) is 19.8 Å². The molecule has 0 bridgehead atoms. The second-order valence-corrected chi connectivity index (χ2v) is 5.93. The largest absolute Gasteiger partial charge is 0.378 e. The Kier molecular flexibility index (Phi) is 4.05. The van der Waals surface area contributed by atoms with Gasteiger partial charge in [0.1, 0.15) is 0 Å². The number of hydrogen-bond acceptors (Lipinski definition) is 3. The van der Waals surface area contributed by atoms with Gasteiger partial charge in [0.15, 0.2) is 0 Å². The summed E-state index contributed by atoms with van der Waals surface area (Å²) in [4.78, 5) is 11.9. The van der Waals surface area contributed by atoms with E-state index in [1.54, 1.807) is 0 Å². The van der Waals surface area contributed by atoms with Gasteiger partial charge in [-0.05, 0) is 18.3 Å². The summed E-state index contributed by atoms with van der Waals surface area (Å²) >= 11 is 0. The van der Waals surface area contributed by atoms with E-state index in [2.05, 4.69) is 24.5 Å². The fourth-order valence-electron chi connectivity index (χ4n) is 2.82. The molecule has 1 aliphatic carbocycles. The van der Waals surface area contributed by atoms with Crippen molar-refractivity contribution in [3.8, 4) is 0 Å². The van der Waals surface area contributed by atoms with Gasteiger partial charge in [-0.2, -0.15) is 0 Å². The third-order valence-electron chi connectivity index (χ3n) is 4.02. The molecule has 1 heterocycles. The van der Waals surface area contributed by atoms with Crippen molar-refractivity contribution in [2.45, 2.75) is 51.6 Å². The Hall–Kier alpha value is -0.610. The van der Waals surface area contributed by atoms with Crippen molar-refractivity contribution in [2.24, 2.45) is 5.41 Å². The SMILES string of the molecule is CC1(C)CCCC1NC(=O)CC1COCCN1. The fourth-order valence-corrected chi connectivity index (χ4v) is 2.82. The highest BCUT2D eigenvalue weighted by Crippen LogP contribution is 2.37. The van der Waals surface area contributed by atoms with Crippen LogP contribution in [0.25, 0.3) is 0 Å². The normalized spacial score (nSPS) is 32.4. The smallest absolute Gasteiger partial charge is 0.221 e. The molecule has 17 heavy (non-hydrogen) atoms. The molecule has 4 nitrogen and oxygen atoms in total. The van der Waals surface area contributed by atoms with Crippen LogP contribution >= 0.6 is 0 Å². The minimum absolute atomic E-state index is 0.160. The van der Waals surface area contributed by atoms with Crippen molar-refractivity contribution in [1.82, 2.24) is 10.6 Å². The standard InChI is InChI=1S/C13H24N2O2/c1-13(2)5-3-4-11(13)15-12(16)8-10-9-17-7-6-14-10/h10-11,14H,3-9H2,1-2H3,(H,15,16). The van der Waals surface area contributed by atoms with Gasteiger partial charge in [0.2, 0.25) is 5.91 Å². The van der Waals surface area contributed by atoms with Gasteiger partial charge in [-0.3, -0.25) is 4.79 Å². The van der Waals surface area contributed by atoms with Crippen LogP contribution in [0.1, 0.15) is 39.5 Å². The van der Waals surface area contributed by atoms with E-state index in [0.29, 0.717) is 19.1 Å². The zero-order valence-corrected chi connectivity index (χ0v) is 10.9. The van der Waals surface area contributed by atoms with Crippen LogP contribution in [0, 0.1) is 5.41 Å². The average molecular weight is 240 g/mol. The third-order valence-corrected chi connectivity index (χ3v) is 4.02. The maximum absolute atomic E-state index is 11.9. The average Bonchev–Trinajstić information content (AvgIpc) is 2.59. The number of carbonyl (C=O) groups excluding carboxylic acids is 1. The molecule has 2 aliphatic rings. The minimum Gasteiger partial charge on any atom is -0.378 e. The maximum atomic E-state index is 11.9. The van der Waals surface area contributed by atoms with E-state index in [0.717, 1.165) is 19.6 Å². The lowest BCUT2D eigenvalue weighted by atomic mass is 9.87. The van der Waals surface area contributed by atoms with Crippen LogP contribution in [-0.2, 0) is 9.53 Å². The summed E-state index contributed by atoms with van der Waals surface area (Å²) in [5.74, 6) is 0.160. The van der Waals surface area contributed by atoms with Gasteiger partial charge in [0.05, 0.1) is 13.2 Å². The third kappa shape index (κ3) is 3.42. The van der Waals surface area contributed by atoms with Gasteiger partial charge in [-0.1, -0.05) is 20.3 Å². The monoisotopic (exact) mass is 240 g/mol. The van der Waals surface area contributed by atoms with Gasteiger partial charge in [0, 0.05) is 25.0 Å². The predicted molar refractivity (Wildman–Crippen MR) is 66.8 cm³/mol. The molecular weight excluding hydrogens is 216 g/mol. The summed E-state index contributed by atoms with van der Waals surface area (Å²) in [6.45, 7) is 6.75. The van der Waals surface area contributed by atoms with Crippen molar-refractivity contribution in [3.63, 3.8) is 0 Å². The zero-order chi connectivity index (χ0) is 12.3. The number of morpholine rings is 1. The second kappa shape index (κ2) is 5.36. The molecule has 0 spiro atoms. The molecule has 2 N–H and O–H groups in total. The molecule has 2 atom stereocenters. The molecule has 2 rings (SSSR count). The lowest BCUT2D eigenvalue weighted by Crippen LogP contribution is -2.47. The summed E-state index contributed by atoms with van der Waals surface area (Å²) < 4.78 is 5.35. The Morgan fingerprint density at radius 2 is 2.35 bits per heavy atom. The van der Waals surface area contributed by atoms with E-state index in [4.69, 9.17) is 4.74 Å². The highest BCUT2D eigenvalue weighted by atomic mass is 16.5. The number of carbonyl (C=O) groups is 1. The van der Waals surface area contributed by atoms with E-state index < -0.39 is 0 Å². The fraction of sp³-hybridized carbons (Fsp3) is 0.923. The first-order valence-electron chi connectivity index (χ1n) is 6.68. The summed E-state index contributed by atoms with van der Waals surface area (Å²) in [5, 5.41) is 6.49. The molecule has 1 amide bonds. The van der Waals surface area contributed by atoms with Crippen molar-refractivity contribution < 1.29 is 9.53 Å². The molecule has 1 saturated heterocycles.